The molecule has 234 valence electrons. The fraction of sp³-hybridized carbons (Fsp3) is 0.583. The number of hydrogen-bond donors (Lipinski definition) is 1. The largest absolute Gasteiger partial charge is 0.492 e. The highest BCUT2D eigenvalue weighted by atomic mass is 79.9. The Morgan fingerprint density at radius 1 is 0.881 bits per heavy atom. The number of benzene rings is 2. The first-order valence-electron chi connectivity index (χ1n) is 16.0. The Morgan fingerprint density at radius 3 is 2.10 bits per heavy atom. The summed E-state index contributed by atoms with van der Waals surface area (Å²) in [6, 6.07) is 14.1. The molecule has 1 heterocycles. The number of anilines is 1. The van der Waals surface area contributed by atoms with Gasteiger partial charge in [0.15, 0.2) is 0 Å². The number of nitrogens with zero attached hydrogens (tertiary/aromatic N) is 1. The van der Waals surface area contributed by atoms with Gasteiger partial charge in [-0.25, -0.2) is 0 Å². The number of halogens is 1. The number of thioether (sulfide) groups is 1. The topological polar surface area (TPSA) is 41.6 Å². The van der Waals surface area contributed by atoms with E-state index in [1.54, 1.807) is 0 Å². The highest BCUT2D eigenvalue weighted by Crippen LogP contribution is 2.35. The van der Waals surface area contributed by atoms with Crippen molar-refractivity contribution < 1.29 is 9.53 Å². The van der Waals surface area contributed by atoms with Gasteiger partial charge in [0.05, 0.1) is 18.0 Å². The third-order valence-electron chi connectivity index (χ3n) is 7.92. The third-order valence-corrected chi connectivity index (χ3v) is 8.89. The Kier molecular flexibility index (Phi) is 16.7. The van der Waals surface area contributed by atoms with Gasteiger partial charge in [0.2, 0.25) is 0 Å². The van der Waals surface area contributed by atoms with E-state index in [0.29, 0.717) is 12.2 Å². The van der Waals surface area contributed by atoms with E-state index in [1.807, 2.05) is 42.1 Å². The molecule has 0 aromatic heterocycles. The number of carbonyl (C=O) groups is 1. The minimum Gasteiger partial charge on any atom is -0.492 e. The number of allylic oxidation sites excluding steroid dienone is 1. The predicted octanol–water partition coefficient (Wildman–Crippen LogP) is 11.3. The molecule has 0 unspecified atom stereocenters. The van der Waals surface area contributed by atoms with Gasteiger partial charge in [0, 0.05) is 23.5 Å². The maximum absolute atomic E-state index is 13.7. The minimum atomic E-state index is -0.128. The van der Waals surface area contributed by atoms with E-state index in [1.165, 1.54) is 76.3 Å². The van der Waals surface area contributed by atoms with Crippen LogP contribution in [0.25, 0.3) is 0 Å². The van der Waals surface area contributed by atoms with E-state index in [4.69, 9.17) is 4.74 Å². The third kappa shape index (κ3) is 12.0. The fourth-order valence-electron chi connectivity index (χ4n) is 5.35. The van der Waals surface area contributed by atoms with Crippen molar-refractivity contribution in [2.45, 2.75) is 124 Å². The Hall–Kier alpha value is -1.92. The number of amides is 1. The predicted molar refractivity (Wildman–Crippen MR) is 188 cm³/mol. The lowest BCUT2D eigenvalue weighted by Crippen LogP contribution is -2.21. The molecule has 1 aliphatic heterocycles. The molecule has 42 heavy (non-hydrogen) atoms. The van der Waals surface area contributed by atoms with Crippen molar-refractivity contribution in [1.82, 2.24) is 4.90 Å². The number of rotatable bonds is 18. The van der Waals surface area contributed by atoms with Gasteiger partial charge in [-0.2, -0.15) is 0 Å². The minimum absolute atomic E-state index is 0. The summed E-state index contributed by atoms with van der Waals surface area (Å²) in [5.74, 6) is 1.56. The molecule has 0 bridgehead atoms. The Labute approximate surface area is 271 Å². The van der Waals surface area contributed by atoms with E-state index in [0.717, 1.165) is 41.4 Å². The molecule has 1 aliphatic rings. The second-order valence-corrected chi connectivity index (χ2v) is 13.4. The van der Waals surface area contributed by atoms with Gasteiger partial charge < -0.3 is 15.0 Å². The number of unbranched alkanes of at least 4 members (excludes halogenated alkanes) is 11. The first kappa shape index (κ1) is 36.3. The van der Waals surface area contributed by atoms with Crippen molar-refractivity contribution in [3.8, 4) is 5.75 Å². The maximum atomic E-state index is 13.7. The van der Waals surface area contributed by atoms with Gasteiger partial charge in [-0.3, -0.25) is 4.79 Å². The van der Waals surface area contributed by atoms with Crippen LogP contribution < -0.4 is 10.1 Å². The zero-order chi connectivity index (χ0) is 29.5. The second-order valence-electron chi connectivity index (χ2n) is 12.5. The summed E-state index contributed by atoms with van der Waals surface area (Å²) >= 11 is 1.81. The fourth-order valence-corrected chi connectivity index (χ4v) is 6.29. The van der Waals surface area contributed by atoms with Crippen LogP contribution in [-0.4, -0.2) is 23.3 Å². The first-order chi connectivity index (χ1) is 19.8. The van der Waals surface area contributed by atoms with Crippen LogP contribution >= 0.6 is 28.7 Å². The number of nitrogens with one attached hydrogen (secondary N) is 1. The number of ether oxygens (including phenoxy) is 1. The zero-order valence-corrected chi connectivity index (χ0v) is 29.3. The van der Waals surface area contributed by atoms with Gasteiger partial charge in [0.25, 0.3) is 5.91 Å². The molecule has 0 radical (unpaired) electrons. The summed E-state index contributed by atoms with van der Waals surface area (Å²) in [6.45, 7) is 12.4. The highest BCUT2D eigenvalue weighted by molar-refractivity contribution is 8.93. The van der Waals surface area contributed by atoms with E-state index in [2.05, 4.69) is 62.4 Å². The zero-order valence-electron chi connectivity index (χ0n) is 26.8. The average molecular weight is 660 g/mol. The molecule has 1 amide bonds. The molecule has 1 N–H and O–H groups in total. The summed E-state index contributed by atoms with van der Waals surface area (Å²) in [4.78, 5) is 16.0. The Balaban J connectivity index is 0.00000616. The highest BCUT2D eigenvalue weighted by Gasteiger charge is 2.25. The Morgan fingerprint density at radius 2 is 1.50 bits per heavy atom. The van der Waals surface area contributed by atoms with Gasteiger partial charge in [-0.15, -0.1) is 28.7 Å². The molecule has 0 atom stereocenters. The van der Waals surface area contributed by atoms with Crippen LogP contribution in [0.4, 0.5) is 5.69 Å². The van der Waals surface area contributed by atoms with Crippen LogP contribution in [0.1, 0.15) is 133 Å². The van der Waals surface area contributed by atoms with Crippen LogP contribution in [0.2, 0.25) is 0 Å². The van der Waals surface area contributed by atoms with E-state index in [9.17, 15) is 4.79 Å². The standard InChI is InChI=1S/C36H54N2O2S.BrH/c1-6-7-8-9-10-11-12-13-14-15-16-19-25-40-34-31(22-20-23-32(34)36(3,4)5)35(39)37-33-24-18-17-21-30(33)26-38-28-41-27-29(38)2;/h17-18,20-24,27H,6-16,19,25-26,28H2,1-5H3,(H,37,39);1H. The summed E-state index contributed by atoms with van der Waals surface area (Å²) in [7, 11) is 0. The molecular formula is C36H55BrN2O2S. The van der Waals surface area contributed by atoms with Crippen LogP contribution in [0, 0.1) is 0 Å². The number of hydrogen-bond acceptors (Lipinski definition) is 4. The van der Waals surface area contributed by atoms with Crippen LogP contribution in [-0.2, 0) is 12.0 Å². The van der Waals surface area contributed by atoms with Crippen LogP contribution in [0.5, 0.6) is 5.75 Å². The average Bonchev–Trinajstić information content (AvgIpc) is 3.35. The van der Waals surface area contributed by atoms with Gasteiger partial charge in [0.1, 0.15) is 5.75 Å². The lowest BCUT2D eigenvalue weighted by Gasteiger charge is -2.25. The van der Waals surface area contributed by atoms with Crippen molar-refractivity contribution in [3.63, 3.8) is 0 Å². The van der Waals surface area contributed by atoms with E-state index < -0.39 is 0 Å². The van der Waals surface area contributed by atoms with Crippen molar-refractivity contribution in [3.05, 3.63) is 70.3 Å². The monoisotopic (exact) mass is 658 g/mol. The molecule has 0 saturated carbocycles. The summed E-state index contributed by atoms with van der Waals surface area (Å²) in [5, 5.41) is 5.41. The van der Waals surface area contributed by atoms with Gasteiger partial charge >= 0.3 is 0 Å². The molecule has 3 rings (SSSR count). The number of carbonyl (C=O) groups excluding carboxylic acids is 1. The summed E-state index contributed by atoms with van der Waals surface area (Å²) in [6.07, 6.45) is 15.8. The van der Waals surface area contributed by atoms with Crippen molar-refractivity contribution in [2.24, 2.45) is 0 Å². The molecule has 2 aromatic rings. The number of para-hydroxylation sites is 2. The van der Waals surface area contributed by atoms with Gasteiger partial charge in [-0.1, -0.05) is 129 Å². The lowest BCUT2D eigenvalue weighted by atomic mass is 9.85. The molecule has 0 saturated heterocycles. The Bertz CT molecular complexity index is 1110. The molecule has 0 spiro atoms. The van der Waals surface area contributed by atoms with Crippen molar-refractivity contribution in [2.75, 3.05) is 17.8 Å². The van der Waals surface area contributed by atoms with Crippen LogP contribution in [0.15, 0.2) is 53.6 Å². The molecule has 0 aliphatic carbocycles. The first-order valence-corrected chi connectivity index (χ1v) is 17.0. The molecule has 4 nitrogen and oxygen atoms in total. The lowest BCUT2D eigenvalue weighted by molar-refractivity contribution is 0.102. The van der Waals surface area contributed by atoms with Crippen molar-refractivity contribution >= 4 is 40.3 Å². The quantitative estimate of drug-likeness (QED) is 0.162. The maximum Gasteiger partial charge on any atom is 0.259 e. The van der Waals surface area contributed by atoms with E-state index >= 15 is 0 Å². The SMILES string of the molecule is Br.CCCCCCCCCCCCCCOc1c(C(=O)Nc2ccccc2CN2CSC=C2C)cccc1C(C)(C)C. The van der Waals surface area contributed by atoms with Crippen LogP contribution in [0.3, 0.4) is 0 Å². The molecule has 6 heteroatoms. The molecular weight excluding hydrogens is 604 g/mol. The second kappa shape index (κ2) is 19.4. The summed E-state index contributed by atoms with van der Waals surface area (Å²) < 4.78 is 6.42. The normalized spacial score (nSPS) is 13.1. The summed E-state index contributed by atoms with van der Waals surface area (Å²) in [5.41, 5.74) is 4.79. The molecule has 2 aromatic carbocycles. The van der Waals surface area contributed by atoms with Crippen molar-refractivity contribution in [1.29, 1.82) is 0 Å². The van der Waals surface area contributed by atoms with Gasteiger partial charge in [-0.05, 0) is 41.9 Å². The smallest absolute Gasteiger partial charge is 0.259 e. The van der Waals surface area contributed by atoms with E-state index in [-0.39, 0.29) is 28.3 Å². The molecule has 0 fully saturated rings.